The molecule has 14 heavy (non-hydrogen) atoms. The molecule has 0 aromatic heterocycles. The van der Waals surface area contributed by atoms with Gasteiger partial charge in [0.15, 0.2) is 0 Å². The highest BCUT2D eigenvalue weighted by atomic mass is 32.2. The lowest BCUT2D eigenvalue weighted by molar-refractivity contribution is 0.475. The summed E-state index contributed by atoms with van der Waals surface area (Å²) in [6, 6.07) is 0. The lowest BCUT2D eigenvalue weighted by Crippen LogP contribution is -2.07. The number of hydrogen-bond acceptors (Lipinski definition) is 2. The van der Waals surface area contributed by atoms with Crippen LogP contribution in [-0.4, -0.2) is 20.4 Å². The average molecular weight is 220 g/mol. The van der Waals surface area contributed by atoms with Gasteiger partial charge in [-0.15, -0.1) is 0 Å². The Morgan fingerprint density at radius 3 is 2.21 bits per heavy atom. The van der Waals surface area contributed by atoms with Crippen LogP contribution in [0.15, 0.2) is 0 Å². The summed E-state index contributed by atoms with van der Waals surface area (Å²) in [6.45, 7) is 4.35. The molecule has 3 heteroatoms. The van der Waals surface area contributed by atoms with E-state index in [4.69, 9.17) is 0 Å². The van der Waals surface area contributed by atoms with Crippen molar-refractivity contribution >= 4 is 9.84 Å². The monoisotopic (exact) mass is 220 g/mol. The molecule has 0 saturated heterocycles. The van der Waals surface area contributed by atoms with Gasteiger partial charge >= 0.3 is 0 Å². The minimum atomic E-state index is -2.75. The third-order valence-electron chi connectivity index (χ3n) is 2.53. The molecule has 0 radical (unpaired) electrons. The van der Waals surface area contributed by atoms with Gasteiger partial charge in [0.2, 0.25) is 0 Å². The van der Waals surface area contributed by atoms with Crippen LogP contribution in [-0.2, 0) is 9.84 Å². The Labute approximate surface area is 89.0 Å². The Kier molecular flexibility index (Phi) is 7.24. The van der Waals surface area contributed by atoms with Crippen molar-refractivity contribution in [3.8, 4) is 0 Å². The van der Waals surface area contributed by atoms with Crippen LogP contribution in [0.3, 0.4) is 0 Å². The molecule has 0 spiro atoms. The molecule has 86 valence electrons. The molecule has 0 aromatic rings. The molecular weight excluding hydrogens is 196 g/mol. The van der Waals surface area contributed by atoms with E-state index in [0.29, 0.717) is 11.7 Å². The fourth-order valence-corrected chi connectivity index (χ4v) is 2.31. The zero-order valence-electron chi connectivity index (χ0n) is 9.75. The van der Waals surface area contributed by atoms with Gasteiger partial charge in [0.05, 0.1) is 5.75 Å². The van der Waals surface area contributed by atoms with Gasteiger partial charge < -0.3 is 0 Å². The highest BCUT2D eigenvalue weighted by Crippen LogP contribution is 2.14. The van der Waals surface area contributed by atoms with Crippen LogP contribution in [0.4, 0.5) is 0 Å². The van der Waals surface area contributed by atoms with Crippen LogP contribution in [0.5, 0.6) is 0 Å². The summed E-state index contributed by atoms with van der Waals surface area (Å²) in [5.74, 6) is 0.906. The molecule has 0 N–H and O–H groups in total. The van der Waals surface area contributed by atoms with Crippen molar-refractivity contribution < 1.29 is 8.42 Å². The number of sulfone groups is 1. The molecule has 0 aliphatic rings. The molecule has 0 aromatic carbocycles. The summed E-state index contributed by atoms with van der Waals surface area (Å²) in [5, 5.41) is 0. The first-order valence-electron chi connectivity index (χ1n) is 5.63. The van der Waals surface area contributed by atoms with E-state index in [0.717, 1.165) is 6.42 Å². The molecular formula is C11H24O2S. The lowest BCUT2D eigenvalue weighted by Gasteiger charge is -2.09. The third-order valence-corrected chi connectivity index (χ3v) is 3.51. The highest BCUT2D eigenvalue weighted by Gasteiger charge is 2.07. The molecule has 0 rings (SSSR count). The molecule has 0 saturated carbocycles. The molecule has 1 unspecified atom stereocenters. The largest absolute Gasteiger partial charge is 0.229 e. The Morgan fingerprint density at radius 1 is 1.07 bits per heavy atom. The van der Waals surface area contributed by atoms with Gasteiger partial charge in [-0.1, -0.05) is 46.0 Å². The second kappa shape index (κ2) is 7.27. The van der Waals surface area contributed by atoms with Crippen LogP contribution in [0.2, 0.25) is 0 Å². The van der Waals surface area contributed by atoms with Gasteiger partial charge in [0.25, 0.3) is 0 Å². The quantitative estimate of drug-likeness (QED) is 0.589. The maximum Gasteiger partial charge on any atom is 0.147 e. The third kappa shape index (κ3) is 10.0. The minimum Gasteiger partial charge on any atom is -0.229 e. The zero-order chi connectivity index (χ0) is 11.0. The minimum absolute atomic E-state index is 0.349. The fraction of sp³-hybridized carbons (Fsp3) is 1.00. The van der Waals surface area contributed by atoms with Crippen molar-refractivity contribution in [2.45, 2.75) is 52.4 Å². The number of unbranched alkanes of at least 4 members (excludes halogenated alkanes) is 3. The van der Waals surface area contributed by atoms with E-state index in [1.165, 1.54) is 38.4 Å². The van der Waals surface area contributed by atoms with Crippen molar-refractivity contribution in [3.63, 3.8) is 0 Å². The van der Waals surface area contributed by atoms with E-state index in [-0.39, 0.29) is 0 Å². The molecule has 0 bridgehead atoms. The Balaban J connectivity index is 3.42. The van der Waals surface area contributed by atoms with E-state index in [1.807, 2.05) is 0 Å². The zero-order valence-corrected chi connectivity index (χ0v) is 10.6. The summed E-state index contributed by atoms with van der Waals surface area (Å²) in [4.78, 5) is 0. The van der Waals surface area contributed by atoms with Crippen molar-refractivity contribution in [1.29, 1.82) is 0 Å². The topological polar surface area (TPSA) is 34.1 Å². The van der Waals surface area contributed by atoms with Gasteiger partial charge in [-0.2, -0.15) is 0 Å². The van der Waals surface area contributed by atoms with E-state index in [9.17, 15) is 8.42 Å². The lowest BCUT2D eigenvalue weighted by atomic mass is 10.0. The van der Waals surface area contributed by atoms with Crippen molar-refractivity contribution in [1.82, 2.24) is 0 Å². The normalized spacial score (nSPS) is 14.2. The summed E-state index contributed by atoms with van der Waals surface area (Å²) in [7, 11) is -2.75. The molecule has 0 heterocycles. The summed E-state index contributed by atoms with van der Waals surface area (Å²) in [6.07, 6.45) is 8.42. The van der Waals surface area contributed by atoms with Crippen LogP contribution < -0.4 is 0 Å². The average Bonchev–Trinajstić information content (AvgIpc) is 2.08. The van der Waals surface area contributed by atoms with Crippen molar-refractivity contribution in [2.24, 2.45) is 5.92 Å². The van der Waals surface area contributed by atoms with Crippen LogP contribution in [0.1, 0.15) is 52.4 Å². The maximum atomic E-state index is 10.9. The van der Waals surface area contributed by atoms with Crippen LogP contribution >= 0.6 is 0 Å². The Hall–Kier alpha value is -0.0500. The number of rotatable bonds is 8. The first-order chi connectivity index (χ1) is 6.45. The molecule has 2 nitrogen and oxygen atoms in total. The van der Waals surface area contributed by atoms with Gasteiger partial charge in [-0.25, -0.2) is 8.42 Å². The number of hydrogen-bond donors (Lipinski definition) is 0. The van der Waals surface area contributed by atoms with Gasteiger partial charge in [-0.05, 0) is 12.3 Å². The van der Waals surface area contributed by atoms with Gasteiger partial charge in [0, 0.05) is 6.26 Å². The second-order valence-corrected chi connectivity index (χ2v) is 6.63. The van der Waals surface area contributed by atoms with E-state index in [1.54, 1.807) is 0 Å². The Bertz CT molecular complexity index is 219. The van der Waals surface area contributed by atoms with Crippen LogP contribution in [0, 0.1) is 5.92 Å². The first-order valence-corrected chi connectivity index (χ1v) is 7.69. The SMILES string of the molecule is CCCCCCC(C)CCS(C)(=O)=O. The van der Waals surface area contributed by atoms with Gasteiger partial charge in [-0.3, -0.25) is 0 Å². The van der Waals surface area contributed by atoms with E-state index < -0.39 is 9.84 Å². The molecule has 1 atom stereocenters. The first kappa shape index (κ1) is 13.9. The fourth-order valence-electron chi connectivity index (χ4n) is 1.48. The highest BCUT2D eigenvalue weighted by molar-refractivity contribution is 7.90. The summed E-state index contributed by atoms with van der Waals surface area (Å²) in [5.41, 5.74) is 0. The van der Waals surface area contributed by atoms with Crippen LogP contribution in [0.25, 0.3) is 0 Å². The van der Waals surface area contributed by atoms with Crippen molar-refractivity contribution in [2.75, 3.05) is 12.0 Å². The predicted molar refractivity (Wildman–Crippen MR) is 62.3 cm³/mol. The van der Waals surface area contributed by atoms with E-state index >= 15 is 0 Å². The predicted octanol–water partition coefficient (Wildman–Crippen LogP) is 3.03. The summed E-state index contributed by atoms with van der Waals surface area (Å²) >= 11 is 0. The van der Waals surface area contributed by atoms with Gasteiger partial charge in [0.1, 0.15) is 9.84 Å². The molecule has 0 fully saturated rings. The maximum absolute atomic E-state index is 10.9. The smallest absolute Gasteiger partial charge is 0.147 e. The standard InChI is InChI=1S/C11H24O2S/c1-4-5-6-7-8-11(2)9-10-14(3,12)13/h11H,4-10H2,1-3H3. The molecule has 0 aliphatic carbocycles. The summed E-state index contributed by atoms with van der Waals surface area (Å²) < 4.78 is 21.8. The Morgan fingerprint density at radius 2 is 1.71 bits per heavy atom. The van der Waals surface area contributed by atoms with E-state index in [2.05, 4.69) is 13.8 Å². The molecule has 0 amide bonds. The van der Waals surface area contributed by atoms with Crippen molar-refractivity contribution in [3.05, 3.63) is 0 Å². The second-order valence-electron chi connectivity index (χ2n) is 4.37. The molecule has 0 aliphatic heterocycles.